The molecule has 1 amide bonds. The van der Waals surface area contributed by atoms with Gasteiger partial charge in [0.05, 0.1) is 0 Å². The van der Waals surface area contributed by atoms with Crippen molar-refractivity contribution in [1.29, 1.82) is 0 Å². The van der Waals surface area contributed by atoms with Crippen molar-refractivity contribution in [2.75, 3.05) is 7.05 Å². The summed E-state index contributed by atoms with van der Waals surface area (Å²) in [6, 6.07) is 2.61. The number of nitrogens with one attached hydrogen (secondary N) is 1. The largest absolute Gasteiger partial charge is 0.352 e. The lowest BCUT2D eigenvalue weighted by atomic mass is 10.5. The van der Waals surface area contributed by atoms with Crippen LogP contribution in [-0.4, -0.2) is 22.9 Å². The summed E-state index contributed by atoms with van der Waals surface area (Å²) in [7, 11) is 1.53. The Morgan fingerprint density at radius 3 is 2.70 bits per heavy atom. The van der Waals surface area contributed by atoms with Gasteiger partial charge in [0.2, 0.25) is 5.82 Å². The molecule has 0 bridgehead atoms. The SMILES string of the molecule is CNC(=O)c1nc[c]cn1. The molecule has 1 N–H and O–H groups in total. The van der Waals surface area contributed by atoms with Crippen LogP contribution in [0.2, 0.25) is 0 Å². The number of aromatic nitrogens is 2. The molecule has 0 fully saturated rings. The van der Waals surface area contributed by atoms with Crippen molar-refractivity contribution < 1.29 is 4.79 Å². The van der Waals surface area contributed by atoms with E-state index in [4.69, 9.17) is 0 Å². The van der Waals surface area contributed by atoms with Crippen LogP contribution in [0, 0.1) is 6.07 Å². The van der Waals surface area contributed by atoms with E-state index in [9.17, 15) is 4.79 Å². The van der Waals surface area contributed by atoms with E-state index in [2.05, 4.69) is 21.4 Å². The van der Waals surface area contributed by atoms with Gasteiger partial charge in [-0.05, 0) is 0 Å². The monoisotopic (exact) mass is 136 g/mol. The van der Waals surface area contributed by atoms with Gasteiger partial charge >= 0.3 is 0 Å². The van der Waals surface area contributed by atoms with Gasteiger partial charge in [-0.25, -0.2) is 9.97 Å². The predicted octanol–water partition coefficient (Wildman–Crippen LogP) is -0.364. The third-order valence-electron chi connectivity index (χ3n) is 0.953. The normalized spacial score (nSPS) is 8.90. The molecule has 0 saturated heterocycles. The quantitative estimate of drug-likeness (QED) is 0.573. The highest BCUT2D eigenvalue weighted by molar-refractivity contribution is 5.89. The Hall–Kier alpha value is -1.45. The maximum absolute atomic E-state index is 10.8. The number of carbonyl (C=O) groups excluding carboxylic acids is 1. The number of amides is 1. The van der Waals surface area contributed by atoms with Gasteiger partial charge in [0.15, 0.2) is 0 Å². The summed E-state index contributed by atoms with van der Waals surface area (Å²) in [4.78, 5) is 18.1. The molecule has 1 aromatic heterocycles. The Kier molecular flexibility index (Phi) is 1.94. The zero-order valence-electron chi connectivity index (χ0n) is 5.46. The average molecular weight is 136 g/mol. The number of carbonyl (C=O) groups is 1. The van der Waals surface area contributed by atoms with Gasteiger partial charge in [0, 0.05) is 25.5 Å². The van der Waals surface area contributed by atoms with E-state index in [1.165, 1.54) is 19.4 Å². The molecule has 0 aliphatic rings. The van der Waals surface area contributed by atoms with E-state index in [0.717, 1.165) is 0 Å². The first-order valence-corrected chi connectivity index (χ1v) is 2.75. The molecule has 4 nitrogen and oxygen atoms in total. The van der Waals surface area contributed by atoms with Gasteiger partial charge in [-0.2, -0.15) is 0 Å². The first-order chi connectivity index (χ1) is 4.84. The summed E-state index contributed by atoms with van der Waals surface area (Å²) in [6.07, 6.45) is 2.80. The Balaban J connectivity index is 2.85. The van der Waals surface area contributed by atoms with Crippen molar-refractivity contribution in [3.63, 3.8) is 0 Å². The molecule has 1 rings (SSSR count). The molecular formula is C6H6N3O. The minimum atomic E-state index is -0.283. The maximum Gasteiger partial charge on any atom is 0.288 e. The second-order valence-corrected chi connectivity index (χ2v) is 1.59. The summed E-state index contributed by atoms with van der Waals surface area (Å²) in [5, 5.41) is 2.40. The van der Waals surface area contributed by atoms with Crippen LogP contribution in [0.1, 0.15) is 10.6 Å². The lowest BCUT2D eigenvalue weighted by molar-refractivity contribution is 0.0952. The Labute approximate surface area is 58.3 Å². The Morgan fingerprint density at radius 2 is 2.20 bits per heavy atom. The van der Waals surface area contributed by atoms with E-state index in [-0.39, 0.29) is 11.7 Å². The minimum Gasteiger partial charge on any atom is -0.352 e. The van der Waals surface area contributed by atoms with Crippen LogP contribution in [0.3, 0.4) is 0 Å². The van der Waals surface area contributed by atoms with Crippen LogP contribution in [0.25, 0.3) is 0 Å². The van der Waals surface area contributed by atoms with Crippen LogP contribution in [0.5, 0.6) is 0 Å². The lowest BCUT2D eigenvalue weighted by Crippen LogP contribution is -2.20. The molecule has 10 heavy (non-hydrogen) atoms. The molecule has 0 atom stereocenters. The molecular weight excluding hydrogens is 130 g/mol. The molecule has 51 valence electrons. The summed E-state index contributed by atoms with van der Waals surface area (Å²) < 4.78 is 0. The third-order valence-corrected chi connectivity index (χ3v) is 0.953. The fraction of sp³-hybridized carbons (Fsp3) is 0.167. The summed E-state index contributed by atoms with van der Waals surface area (Å²) in [5.41, 5.74) is 0. The van der Waals surface area contributed by atoms with Crippen molar-refractivity contribution >= 4 is 5.91 Å². The van der Waals surface area contributed by atoms with E-state index < -0.39 is 0 Å². The second kappa shape index (κ2) is 2.91. The molecule has 0 aliphatic carbocycles. The van der Waals surface area contributed by atoms with Gasteiger partial charge < -0.3 is 5.32 Å². The molecule has 0 unspecified atom stereocenters. The van der Waals surface area contributed by atoms with Crippen LogP contribution < -0.4 is 5.32 Å². The van der Waals surface area contributed by atoms with E-state index in [1.54, 1.807) is 0 Å². The summed E-state index contributed by atoms with van der Waals surface area (Å²) in [6.45, 7) is 0. The van der Waals surface area contributed by atoms with Crippen molar-refractivity contribution in [1.82, 2.24) is 15.3 Å². The van der Waals surface area contributed by atoms with Crippen molar-refractivity contribution in [3.8, 4) is 0 Å². The first-order valence-electron chi connectivity index (χ1n) is 2.75. The van der Waals surface area contributed by atoms with Crippen LogP contribution in [-0.2, 0) is 0 Å². The zero-order chi connectivity index (χ0) is 7.40. The van der Waals surface area contributed by atoms with Gasteiger partial charge in [-0.15, -0.1) is 0 Å². The van der Waals surface area contributed by atoms with Gasteiger partial charge in [-0.1, -0.05) is 0 Å². The van der Waals surface area contributed by atoms with Crippen LogP contribution in [0.4, 0.5) is 0 Å². The smallest absolute Gasteiger partial charge is 0.288 e. The van der Waals surface area contributed by atoms with Gasteiger partial charge in [-0.3, -0.25) is 4.79 Å². The van der Waals surface area contributed by atoms with Crippen LogP contribution >= 0.6 is 0 Å². The lowest BCUT2D eigenvalue weighted by Gasteiger charge is -1.93. The number of nitrogens with zero attached hydrogens (tertiary/aromatic N) is 2. The number of hydrogen-bond donors (Lipinski definition) is 1. The standard InChI is InChI=1S/C6H6N3O/c1-7-6(10)5-8-3-2-4-9-5/h3-4H,1H3,(H,7,10). The molecule has 0 saturated carbocycles. The van der Waals surface area contributed by atoms with E-state index in [1.807, 2.05) is 0 Å². The van der Waals surface area contributed by atoms with Crippen molar-refractivity contribution in [3.05, 3.63) is 24.3 Å². The van der Waals surface area contributed by atoms with E-state index >= 15 is 0 Å². The average Bonchev–Trinajstić information content (AvgIpc) is 2.05. The topological polar surface area (TPSA) is 54.9 Å². The Bertz CT molecular complexity index is 222. The van der Waals surface area contributed by atoms with E-state index in [0.29, 0.717) is 0 Å². The molecule has 0 aromatic carbocycles. The van der Waals surface area contributed by atoms with Gasteiger partial charge in [0.1, 0.15) is 0 Å². The zero-order valence-corrected chi connectivity index (χ0v) is 5.46. The molecule has 1 heterocycles. The van der Waals surface area contributed by atoms with Crippen molar-refractivity contribution in [2.45, 2.75) is 0 Å². The summed E-state index contributed by atoms with van der Waals surface area (Å²) >= 11 is 0. The second-order valence-electron chi connectivity index (χ2n) is 1.59. The van der Waals surface area contributed by atoms with Crippen molar-refractivity contribution in [2.24, 2.45) is 0 Å². The Morgan fingerprint density at radius 1 is 1.60 bits per heavy atom. The highest BCUT2D eigenvalue weighted by atomic mass is 16.2. The predicted molar refractivity (Wildman–Crippen MR) is 34.3 cm³/mol. The number of hydrogen-bond acceptors (Lipinski definition) is 3. The molecule has 0 aliphatic heterocycles. The minimum absolute atomic E-state index is 0.168. The third kappa shape index (κ3) is 1.28. The molecule has 4 heteroatoms. The highest BCUT2D eigenvalue weighted by Crippen LogP contribution is 1.83. The molecule has 1 radical (unpaired) electrons. The number of rotatable bonds is 1. The molecule has 0 spiro atoms. The fourth-order valence-electron chi connectivity index (χ4n) is 0.493. The highest BCUT2D eigenvalue weighted by Gasteiger charge is 2.02. The fourth-order valence-corrected chi connectivity index (χ4v) is 0.493. The summed E-state index contributed by atoms with van der Waals surface area (Å²) in [5.74, 6) is -0.116. The van der Waals surface area contributed by atoms with Gasteiger partial charge in [0.25, 0.3) is 5.91 Å². The van der Waals surface area contributed by atoms with Crippen LogP contribution in [0.15, 0.2) is 12.4 Å². The first kappa shape index (κ1) is 6.67. The molecule has 1 aromatic rings. The maximum atomic E-state index is 10.8.